The highest BCUT2D eigenvalue weighted by atomic mass is 16.3. The highest BCUT2D eigenvalue weighted by molar-refractivity contribution is 6.16. The molecule has 3 heteroatoms. The number of rotatable bonds is 6. The van der Waals surface area contributed by atoms with Crippen LogP contribution in [0.2, 0.25) is 0 Å². The Morgan fingerprint density at radius 1 is 0.339 bits per heavy atom. The third kappa shape index (κ3) is 5.44. The van der Waals surface area contributed by atoms with Crippen LogP contribution in [-0.4, -0.2) is 4.57 Å². The predicted octanol–water partition coefficient (Wildman–Crippen LogP) is 15.8. The molecule has 0 fully saturated rings. The Morgan fingerprint density at radius 2 is 1.00 bits per heavy atom. The van der Waals surface area contributed by atoms with Crippen molar-refractivity contribution < 1.29 is 4.42 Å². The van der Waals surface area contributed by atoms with Crippen LogP contribution < -0.4 is 4.90 Å². The monoisotopic (exact) mass is 752 g/mol. The van der Waals surface area contributed by atoms with Crippen molar-refractivity contribution in [2.24, 2.45) is 0 Å². The van der Waals surface area contributed by atoms with Gasteiger partial charge < -0.3 is 13.9 Å². The summed E-state index contributed by atoms with van der Waals surface area (Å²) in [4.78, 5) is 2.35. The van der Waals surface area contributed by atoms with Crippen molar-refractivity contribution in [2.75, 3.05) is 4.90 Å². The van der Waals surface area contributed by atoms with Gasteiger partial charge in [-0.2, -0.15) is 0 Å². The summed E-state index contributed by atoms with van der Waals surface area (Å²) in [5.41, 5.74) is 13.3. The van der Waals surface area contributed by atoms with Gasteiger partial charge in [-0.1, -0.05) is 140 Å². The fourth-order valence-electron chi connectivity index (χ4n) is 9.22. The number of aromatic nitrogens is 1. The summed E-state index contributed by atoms with van der Waals surface area (Å²) >= 11 is 0. The number of hydrogen-bond acceptors (Lipinski definition) is 2. The second-order valence-electron chi connectivity index (χ2n) is 15.3. The van der Waals surface area contributed by atoms with Crippen LogP contribution in [0.3, 0.4) is 0 Å². The zero-order valence-electron chi connectivity index (χ0n) is 32.1. The Kier molecular flexibility index (Phi) is 7.54. The largest absolute Gasteiger partial charge is 0.456 e. The number of anilines is 3. The van der Waals surface area contributed by atoms with Crippen molar-refractivity contribution in [3.05, 3.63) is 218 Å². The molecule has 0 spiro atoms. The van der Waals surface area contributed by atoms with Crippen LogP contribution in [0, 0.1) is 0 Å². The minimum absolute atomic E-state index is 0.897. The number of para-hydroxylation sites is 3. The van der Waals surface area contributed by atoms with E-state index in [9.17, 15) is 0 Å². The first-order chi connectivity index (χ1) is 29.2. The number of hydrogen-bond donors (Lipinski definition) is 0. The zero-order valence-corrected chi connectivity index (χ0v) is 32.1. The highest BCUT2D eigenvalue weighted by Crippen LogP contribution is 2.43. The lowest BCUT2D eigenvalue weighted by atomic mass is 9.97. The topological polar surface area (TPSA) is 21.3 Å². The Labute approximate surface area is 341 Å². The van der Waals surface area contributed by atoms with Gasteiger partial charge in [0, 0.05) is 44.3 Å². The first-order valence-corrected chi connectivity index (χ1v) is 20.2. The molecule has 10 aromatic carbocycles. The van der Waals surface area contributed by atoms with Crippen LogP contribution in [0.25, 0.3) is 93.2 Å². The highest BCUT2D eigenvalue weighted by Gasteiger charge is 2.19. The van der Waals surface area contributed by atoms with Gasteiger partial charge in [-0.3, -0.25) is 0 Å². The van der Waals surface area contributed by atoms with Crippen molar-refractivity contribution >= 4 is 82.4 Å². The number of nitrogens with zero attached hydrogens (tertiary/aromatic N) is 2. The summed E-state index contributed by atoms with van der Waals surface area (Å²) in [5.74, 6) is 0. The first-order valence-electron chi connectivity index (χ1n) is 20.2. The van der Waals surface area contributed by atoms with E-state index in [1.807, 2.05) is 12.1 Å². The summed E-state index contributed by atoms with van der Waals surface area (Å²) in [6.07, 6.45) is 0. The van der Waals surface area contributed by atoms with E-state index in [0.29, 0.717) is 0 Å². The normalized spacial score (nSPS) is 11.7. The molecule has 12 aromatic rings. The third-order valence-electron chi connectivity index (χ3n) is 11.9. The summed E-state index contributed by atoms with van der Waals surface area (Å²) in [5, 5.41) is 9.78. The van der Waals surface area contributed by atoms with Gasteiger partial charge in [0.25, 0.3) is 0 Å². The predicted molar refractivity (Wildman–Crippen MR) is 249 cm³/mol. The van der Waals surface area contributed by atoms with Gasteiger partial charge in [-0.25, -0.2) is 0 Å². The second kappa shape index (κ2) is 13.4. The molecule has 0 N–H and O–H groups in total. The molecule has 0 aliphatic carbocycles. The molecule has 0 aliphatic rings. The lowest BCUT2D eigenvalue weighted by molar-refractivity contribution is 0.669. The first kappa shape index (κ1) is 33.3. The van der Waals surface area contributed by atoms with Gasteiger partial charge in [0.1, 0.15) is 11.2 Å². The van der Waals surface area contributed by atoms with Crippen molar-refractivity contribution in [1.82, 2.24) is 4.57 Å². The Morgan fingerprint density at radius 3 is 1.90 bits per heavy atom. The number of furan rings is 1. The minimum atomic E-state index is 0.897. The van der Waals surface area contributed by atoms with Crippen LogP contribution in [0.5, 0.6) is 0 Å². The maximum Gasteiger partial charge on any atom is 0.135 e. The van der Waals surface area contributed by atoms with Crippen molar-refractivity contribution in [2.45, 2.75) is 0 Å². The third-order valence-corrected chi connectivity index (χ3v) is 11.9. The Hall–Kier alpha value is -7.88. The molecule has 0 saturated carbocycles. The smallest absolute Gasteiger partial charge is 0.135 e. The molecule has 276 valence electrons. The average molecular weight is 753 g/mol. The van der Waals surface area contributed by atoms with E-state index in [1.165, 1.54) is 60.0 Å². The summed E-state index contributed by atoms with van der Waals surface area (Å²) in [7, 11) is 0. The van der Waals surface area contributed by atoms with E-state index in [1.54, 1.807) is 0 Å². The minimum Gasteiger partial charge on any atom is -0.456 e. The summed E-state index contributed by atoms with van der Waals surface area (Å²) in [6.45, 7) is 0. The molecule has 12 rings (SSSR count). The van der Waals surface area contributed by atoms with Crippen LogP contribution in [0.1, 0.15) is 0 Å². The lowest BCUT2D eigenvalue weighted by Crippen LogP contribution is -2.09. The van der Waals surface area contributed by atoms with E-state index in [0.717, 1.165) is 50.3 Å². The van der Waals surface area contributed by atoms with E-state index in [4.69, 9.17) is 4.42 Å². The summed E-state index contributed by atoms with van der Waals surface area (Å²) < 4.78 is 8.61. The fraction of sp³-hybridized carbons (Fsp3) is 0. The van der Waals surface area contributed by atoms with Crippen molar-refractivity contribution in [3.63, 3.8) is 0 Å². The standard InChI is InChI=1S/C56H36N2O/c1-2-14-42(15-3-1)57(43-29-26-37(27-30-43)39-28-32-47-41(34-39)25-24-38-12-4-5-17-46(38)47)44-16-10-13-40(35-44)48-20-11-22-53-56(48)50-19-6-8-21-52(50)58(53)45-31-33-55-51(36-45)49-18-7-9-23-54(49)59-55/h1-36H. The van der Waals surface area contributed by atoms with Crippen LogP contribution >= 0.6 is 0 Å². The lowest BCUT2D eigenvalue weighted by Gasteiger charge is -2.26. The van der Waals surface area contributed by atoms with Crippen molar-refractivity contribution in [1.29, 1.82) is 0 Å². The Balaban J connectivity index is 0.964. The number of benzene rings is 10. The quantitative estimate of drug-likeness (QED) is 0.158. The van der Waals surface area contributed by atoms with Gasteiger partial charge in [0.15, 0.2) is 0 Å². The maximum absolute atomic E-state index is 6.21. The van der Waals surface area contributed by atoms with E-state index >= 15 is 0 Å². The fourth-order valence-corrected chi connectivity index (χ4v) is 9.22. The second-order valence-corrected chi connectivity index (χ2v) is 15.3. The molecule has 0 bridgehead atoms. The zero-order chi connectivity index (χ0) is 38.9. The van der Waals surface area contributed by atoms with Gasteiger partial charge >= 0.3 is 0 Å². The van der Waals surface area contributed by atoms with Crippen LogP contribution in [-0.2, 0) is 0 Å². The van der Waals surface area contributed by atoms with Gasteiger partial charge in [-0.05, 0) is 123 Å². The number of fused-ring (bicyclic) bond motifs is 9. The molecule has 0 saturated heterocycles. The molecule has 0 aliphatic heterocycles. The van der Waals surface area contributed by atoms with Crippen LogP contribution in [0.4, 0.5) is 17.1 Å². The van der Waals surface area contributed by atoms with E-state index < -0.39 is 0 Å². The van der Waals surface area contributed by atoms with Gasteiger partial charge in [-0.15, -0.1) is 0 Å². The molecule has 2 heterocycles. The van der Waals surface area contributed by atoms with Gasteiger partial charge in [0.05, 0.1) is 11.0 Å². The van der Waals surface area contributed by atoms with E-state index in [2.05, 4.69) is 216 Å². The molecule has 3 nitrogen and oxygen atoms in total. The summed E-state index contributed by atoms with van der Waals surface area (Å²) in [6, 6.07) is 78.8. The molecular weight excluding hydrogens is 717 g/mol. The molecule has 0 atom stereocenters. The molecule has 59 heavy (non-hydrogen) atoms. The average Bonchev–Trinajstić information content (AvgIpc) is 3.85. The molecule has 0 amide bonds. The van der Waals surface area contributed by atoms with Gasteiger partial charge in [0.2, 0.25) is 0 Å². The molecule has 0 radical (unpaired) electrons. The van der Waals surface area contributed by atoms with E-state index in [-0.39, 0.29) is 0 Å². The maximum atomic E-state index is 6.21. The SMILES string of the molecule is c1ccc(N(c2ccc(-c3ccc4c(ccc5ccccc54)c3)cc2)c2cccc(-c3cccc4c3c3ccccc3n4-c3ccc4oc5ccccc5c4c3)c2)cc1. The van der Waals surface area contributed by atoms with Crippen LogP contribution in [0.15, 0.2) is 223 Å². The molecule has 0 unspecified atom stereocenters. The Bertz CT molecular complexity index is 3560. The molecular formula is C56H36N2O. The van der Waals surface area contributed by atoms with Crippen molar-refractivity contribution in [3.8, 4) is 27.9 Å². The molecule has 2 aromatic heterocycles.